The third-order valence-electron chi connectivity index (χ3n) is 4.00. The van der Waals surface area contributed by atoms with Crippen molar-refractivity contribution in [1.82, 2.24) is 15.0 Å². The minimum absolute atomic E-state index is 0.457. The third kappa shape index (κ3) is 3.23. The molecule has 0 bridgehead atoms. The number of aromatic nitrogens is 3. The van der Waals surface area contributed by atoms with Crippen LogP contribution >= 0.6 is 0 Å². The van der Waals surface area contributed by atoms with Gasteiger partial charge in [-0.2, -0.15) is 0 Å². The molecule has 126 valence electrons. The fraction of sp³-hybridized carbons (Fsp3) is 0. The second kappa shape index (κ2) is 6.64. The van der Waals surface area contributed by atoms with E-state index >= 15 is 0 Å². The van der Waals surface area contributed by atoms with Crippen LogP contribution in [-0.2, 0) is 0 Å². The topological polar surface area (TPSA) is 90.7 Å². The summed E-state index contributed by atoms with van der Waals surface area (Å²) in [6.07, 6.45) is 0. The second-order valence-electron chi connectivity index (χ2n) is 5.89. The lowest BCUT2D eigenvalue weighted by molar-refractivity contribution is 1.22. The van der Waals surface area contributed by atoms with Crippen molar-refractivity contribution in [1.29, 1.82) is 0 Å². The number of pyridine rings is 3. The van der Waals surface area contributed by atoms with E-state index in [0.29, 0.717) is 23.0 Å². The Hall–Kier alpha value is -3.73. The van der Waals surface area contributed by atoms with Gasteiger partial charge in [-0.1, -0.05) is 42.5 Å². The van der Waals surface area contributed by atoms with Gasteiger partial charge in [-0.25, -0.2) is 15.0 Å². The van der Waals surface area contributed by atoms with E-state index in [4.69, 9.17) is 16.5 Å². The lowest BCUT2D eigenvalue weighted by Gasteiger charge is -2.10. The average molecular weight is 339 g/mol. The zero-order valence-electron chi connectivity index (χ0n) is 14.0. The SMILES string of the molecule is Nc1cccc(-c2cc(-c3ccccc3)cc(-c3cccc(N)n3)n2)n1. The predicted molar refractivity (Wildman–Crippen MR) is 105 cm³/mol. The Bertz CT molecular complexity index is 997. The molecule has 0 aliphatic carbocycles. The second-order valence-corrected chi connectivity index (χ2v) is 5.89. The molecule has 0 amide bonds. The highest BCUT2D eigenvalue weighted by molar-refractivity contribution is 5.75. The smallest absolute Gasteiger partial charge is 0.124 e. The molecule has 4 N–H and O–H groups in total. The highest BCUT2D eigenvalue weighted by Gasteiger charge is 2.11. The van der Waals surface area contributed by atoms with Crippen molar-refractivity contribution in [3.63, 3.8) is 0 Å². The summed E-state index contributed by atoms with van der Waals surface area (Å²) in [5.74, 6) is 0.913. The van der Waals surface area contributed by atoms with Crippen LogP contribution < -0.4 is 11.5 Å². The lowest BCUT2D eigenvalue weighted by atomic mass is 10.0. The number of nitrogens with two attached hydrogens (primary N) is 2. The quantitative estimate of drug-likeness (QED) is 0.588. The van der Waals surface area contributed by atoms with Gasteiger partial charge in [0, 0.05) is 0 Å². The van der Waals surface area contributed by atoms with E-state index in [1.165, 1.54) is 0 Å². The minimum Gasteiger partial charge on any atom is -0.384 e. The van der Waals surface area contributed by atoms with E-state index in [1.807, 2.05) is 54.6 Å². The fourth-order valence-corrected chi connectivity index (χ4v) is 2.78. The van der Waals surface area contributed by atoms with E-state index in [0.717, 1.165) is 22.5 Å². The molecule has 1 aromatic carbocycles. The molecular weight excluding hydrogens is 322 g/mol. The molecule has 0 aliphatic heterocycles. The summed E-state index contributed by atoms with van der Waals surface area (Å²) in [7, 11) is 0. The fourth-order valence-electron chi connectivity index (χ4n) is 2.78. The first-order valence-corrected chi connectivity index (χ1v) is 8.22. The number of hydrogen-bond donors (Lipinski definition) is 2. The monoisotopic (exact) mass is 339 g/mol. The molecule has 3 heterocycles. The van der Waals surface area contributed by atoms with E-state index in [9.17, 15) is 0 Å². The molecule has 4 aromatic rings. The molecule has 5 heteroatoms. The summed E-state index contributed by atoms with van der Waals surface area (Å²) < 4.78 is 0. The number of nitrogens with zero attached hydrogens (tertiary/aromatic N) is 3. The summed E-state index contributed by atoms with van der Waals surface area (Å²) in [6, 6.07) is 25.2. The summed E-state index contributed by atoms with van der Waals surface area (Å²) in [5.41, 5.74) is 16.7. The number of anilines is 2. The van der Waals surface area contributed by atoms with Crippen LogP contribution in [0, 0.1) is 0 Å². The molecule has 0 fully saturated rings. The maximum Gasteiger partial charge on any atom is 0.124 e. The number of nitrogen functional groups attached to an aromatic ring is 2. The Labute approximate surface area is 151 Å². The van der Waals surface area contributed by atoms with Crippen molar-refractivity contribution in [2.45, 2.75) is 0 Å². The van der Waals surface area contributed by atoms with E-state index in [-0.39, 0.29) is 0 Å². The first-order chi connectivity index (χ1) is 12.7. The molecule has 0 unspecified atom stereocenters. The van der Waals surface area contributed by atoms with Gasteiger partial charge in [-0.3, -0.25) is 0 Å². The molecule has 0 spiro atoms. The Morgan fingerprint density at radius 2 is 1.00 bits per heavy atom. The van der Waals surface area contributed by atoms with Crippen LogP contribution in [0.5, 0.6) is 0 Å². The third-order valence-corrected chi connectivity index (χ3v) is 4.00. The summed E-state index contributed by atoms with van der Waals surface area (Å²) in [5, 5.41) is 0. The van der Waals surface area contributed by atoms with Gasteiger partial charge in [0.05, 0.1) is 22.8 Å². The van der Waals surface area contributed by atoms with Gasteiger partial charge in [-0.05, 0) is 47.5 Å². The van der Waals surface area contributed by atoms with Gasteiger partial charge in [0.1, 0.15) is 11.6 Å². The summed E-state index contributed by atoms with van der Waals surface area (Å²) in [4.78, 5) is 13.5. The van der Waals surface area contributed by atoms with Crippen LogP contribution in [0.1, 0.15) is 0 Å². The van der Waals surface area contributed by atoms with Gasteiger partial charge in [0.25, 0.3) is 0 Å². The standard InChI is InChI=1S/C21H17N5/c22-20-10-4-8-16(25-20)18-12-15(14-6-2-1-3-7-14)13-19(24-18)17-9-5-11-21(23)26-17/h1-13H,(H2,22,25)(H2,23,26). The predicted octanol–water partition coefficient (Wildman–Crippen LogP) is 4.04. The molecule has 4 rings (SSSR count). The van der Waals surface area contributed by atoms with Crippen molar-refractivity contribution in [3.8, 4) is 33.9 Å². The van der Waals surface area contributed by atoms with E-state index in [1.54, 1.807) is 12.1 Å². The number of hydrogen-bond acceptors (Lipinski definition) is 5. The lowest BCUT2D eigenvalue weighted by Crippen LogP contribution is -1.97. The number of benzene rings is 1. The molecule has 0 radical (unpaired) electrons. The van der Waals surface area contributed by atoms with Crippen LogP contribution in [0.3, 0.4) is 0 Å². The molecular formula is C21H17N5. The average Bonchev–Trinajstić information content (AvgIpc) is 2.68. The maximum atomic E-state index is 5.85. The first kappa shape index (κ1) is 15.8. The van der Waals surface area contributed by atoms with Crippen LogP contribution in [0.25, 0.3) is 33.9 Å². The van der Waals surface area contributed by atoms with Crippen molar-refractivity contribution < 1.29 is 0 Å². The molecule has 0 saturated carbocycles. The highest BCUT2D eigenvalue weighted by Crippen LogP contribution is 2.29. The largest absolute Gasteiger partial charge is 0.384 e. The molecule has 0 saturated heterocycles. The van der Waals surface area contributed by atoms with Gasteiger partial charge in [-0.15, -0.1) is 0 Å². The highest BCUT2D eigenvalue weighted by atomic mass is 14.9. The van der Waals surface area contributed by atoms with Gasteiger partial charge in [0.15, 0.2) is 0 Å². The molecule has 0 atom stereocenters. The van der Waals surface area contributed by atoms with Crippen LogP contribution in [0.15, 0.2) is 78.9 Å². The normalized spacial score (nSPS) is 10.6. The Morgan fingerprint density at radius 1 is 0.462 bits per heavy atom. The van der Waals surface area contributed by atoms with Crippen LogP contribution in [0.2, 0.25) is 0 Å². The van der Waals surface area contributed by atoms with Crippen molar-refractivity contribution in [3.05, 3.63) is 78.9 Å². The number of rotatable bonds is 3. The van der Waals surface area contributed by atoms with Crippen LogP contribution in [0.4, 0.5) is 11.6 Å². The zero-order chi connectivity index (χ0) is 17.9. The minimum atomic E-state index is 0.457. The van der Waals surface area contributed by atoms with E-state index < -0.39 is 0 Å². The van der Waals surface area contributed by atoms with Gasteiger partial charge < -0.3 is 11.5 Å². The van der Waals surface area contributed by atoms with Crippen molar-refractivity contribution >= 4 is 11.6 Å². The Balaban J connectivity index is 1.93. The Morgan fingerprint density at radius 3 is 1.50 bits per heavy atom. The van der Waals surface area contributed by atoms with Crippen molar-refractivity contribution in [2.24, 2.45) is 0 Å². The van der Waals surface area contributed by atoms with Gasteiger partial charge in [0.2, 0.25) is 0 Å². The summed E-state index contributed by atoms with van der Waals surface area (Å²) >= 11 is 0. The zero-order valence-corrected chi connectivity index (χ0v) is 14.0. The maximum absolute atomic E-state index is 5.85. The molecule has 0 aliphatic rings. The van der Waals surface area contributed by atoms with Gasteiger partial charge >= 0.3 is 0 Å². The first-order valence-electron chi connectivity index (χ1n) is 8.22. The van der Waals surface area contributed by atoms with Crippen molar-refractivity contribution in [2.75, 3.05) is 11.5 Å². The van der Waals surface area contributed by atoms with Crippen LogP contribution in [-0.4, -0.2) is 15.0 Å². The molecule has 5 nitrogen and oxygen atoms in total. The Kier molecular flexibility index (Phi) is 4.03. The molecule has 26 heavy (non-hydrogen) atoms. The molecule has 3 aromatic heterocycles. The van der Waals surface area contributed by atoms with E-state index in [2.05, 4.69) is 22.1 Å². The summed E-state index contributed by atoms with van der Waals surface area (Å²) in [6.45, 7) is 0.